The van der Waals surface area contributed by atoms with E-state index in [0.29, 0.717) is 6.42 Å². The van der Waals surface area contributed by atoms with Crippen molar-refractivity contribution in [2.24, 2.45) is 0 Å². The number of carboxylic acids is 1. The van der Waals surface area contributed by atoms with Gasteiger partial charge >= 0.3 is 5.97 Å². The van der Waals surface area contributed by atoms with Gasteiger partial charge in [0.15, 0.2) is 0 Å². The lowest BCUT2D eigenvalue weighted by Crippen LogP contribution is -1.96. The molecule has 1 aromatic rings. The van der Waals surface area contributed by atoms with Crippen LogP contribution < -0.4 is 0 Å². The van der Waals surface area contributed by atoms with Crippen molar-refractivity contribution in [3.05, 3.63) is 41.5 Å². The summed E-state index contributed by atoms with van der Waals surface area (Å²) in [6, 6.07) is 10.1. The fourth-order valence-electron chi connectivity index (χ4n) is 1.92. The van der Waals surface area contributed by atoms with Gasteiger partial charge in [0, 0.05) is 6.42 Å². The lowest BCUT2D eigenvalue weighted by molar-refractivity contribution is -0.136. The zero-order chi connectivity index (χ0) is 13.2. The molecule has 0 heterocycles. The predicted molar refractivity (Wildman–Crippen MR) is 75.4 cm³/mol. The van der Waals surface area contributed by atoms with Crippen molar-refractivity contribution in [1.82, 2.24) is 0 Å². The topological polar surface area (TPSA) is 37.3 Å². The van der Waals surface area contributed by atoms with Crippen molar-refractivity contribution in [3.8, 4) is 0 Å². The fraction of sp³-hybridized carbons (Fsp3) is 0.438. The molecule has 0 amide bonds. The zero-order valence-corrected chi connectivity index (χ0v) is 11.1. The van der Waals surface area contributed by atoms with Gasteiger partial charge in [0.25, 0.3) is 0 Å². The Labute approximate surface area is 109 Å². The number of benzene rings is 1. The number of hydrogen-bond acceptors (Lipinski definition) is 1. The quantitative estimate of drug-likeness (QED) is 0.685. The van der Waals surface area contributed by atoms with Crippen LogP contribution in [0.25, 0.3) is 6.08 Å². The van der Waals surface area contributed by atoms with E-state index in [0.717, 1.165) is 18.4 Å². The molecule has 0 aromatic heterocycles. The first kappa shape index (κ1) is 14.5. The smallest absolute Gasteiger partial charge is 0.303 e. The van der Waals surface area contributed by atoms with Crippen LogP contribution >= 0.6 is 0 Å². The van der Waals surface area contributed by atoms with Gasteiger partial charge in [0.05, 0.1) is 0 Å². The summed E-state index contributed by atoms with van der Waals surface area (Å²) in [6.45, 7) is 2.18. The van der Waals surface area contributed by atoms with Gasteiger partial charge in [-0.25, -0.2) is 0 Å². The van der Waals surface area contributed by atoms with Crippen LogP contribution in [0.4, 0.5) is 0 Å². The largest absolute Gasteiger partial charge is 0.481 e. The minimum Gasteiger partial charge on any atom is -0.481 e. The van der Waals surface area contributed by atoms with Gasteiger partial charge in [-0.15, -0.1) is 0 Å². The minimum absolute atomic E-state index is 0.227. The average Bonchev–Trinajstić information content (AvgIpc) is 2.37. The van der Waals surface area contributed by atoms with Gasteiger partial charge in [-0.2, -0.15) is 0 Å². The number of allylic oxidation sites excluding steroid dienone is 1. The maximum absolute atomic E-state index is 10.7. The highest BCUT2D eigenvalue weighted by Crippen LogP contribution is 2.18. The number of aliphatic carboxylic acids is 1. The van der Waals surface area contributed by atoms with Crippen LogP contribution in [0.3, 0.4) is 0 Å². The van der Waals surface area contributed by atoms with E-state index in [-0.39, 0.29) is 6.42 Å². The predicted octanol–water partition coefficient (Wildman–Crippen LogP) is 4.52. The summed E-state index contributed by atoms with van der Waals surface area (Å²) in [5, 5.41) is 8.77. The Morgan fingerprint density at radius 2 is 1.83 bits per heavy atom. The first-order valence-electron chi connectivity index (χ1n) is 6.68. The normalized spacial score (nSPS) is 11.5. The first-order valence-corrected chi connectivity index (χ1v) is 6.68. The highest BCUT2D eigenvalue weighted by Gasteiger charge is 2.02. The van der Waals surface area contributed by atoms with E-state index in [4.69, 9.17) is 5.11 Å². The molecule has 1 N–H and O–H groups in total. The molecule has 98 valence electrons. The van der Waals surface area contributed by atoms with Crippen molar-refractivity contribution < 1.29 is 9.90 Å². The van der Waals surface area contributed by atoms with E-state index in [1.807, 2.05) is 18.2 Å². The van der Waals surface area contributed by atoms with E-state index < -0.39 is 5.97 Å². The number of carboxylic acid groups (broad SMARTS) is 1. The molecular weight excluding hydrogens is 224 g/mol. The van der Waals surface area contributed by atoms with Crippen molar-refractivity contribution >= 4 is 12.0 Å². The zero-order valence-electron chi connectivity index (χ0n) is 11.1. The van der Waals surface area contributed by atoms with E-state index in [1.165, 1.54) is 18.4 Å². The summed E-state index contributed by atoms with van der Waals surface area (Å²) in [4.78, 5) is 10.7. The second-order valence-electron chi connectivity index (χ2n) is 4.56. The molecule has 0 aliphatic rings. The summed E-state index contributed by atoms with van der Waals surface area (Å²) in [6.07, 6.45) is 7.58. The molecule has 2 nitrogen and oxygen atoms in total. The molecule has 2 heteroatoms. The molecule has 0 aliphatic carbocycles. The summed E-state index contributed by atoms with van der Waals surface area (Å²) in [5.74, 6) is -0.718. The van der Waals surface area contributed by atoms with Crippen molar-refractivity contribution in [1.29, 1.82) is 0 Å². The van der Waals surface area contributed by atoms with Crippen LogP contribution in [0.2, 0.25) is 0 Å². The standard InChI is InChI=1S/C16H22O2/c1-2-3-5-8-15(11-12-16(17)18)13-14-9-6-4-7-10-14/h4,6-7,9-10,13H,2-3,5,8,11-12H2,1H3,(H,17,18)/b15-13+. The molecule has 0 unspecified atom stereocenters. The SMILES string of the molecule is CCCCC/C(=C\c1ccccc1)CCC(=O)O. The fourth-order valence-corrected chi connectivity index (χ4v) is 1.92. The molecule has 1 rings (SSSR count). The Hall–Kier alpha value is -1.57. The molecule has 1 aromatic carbocycles. The van der Waals surface area contributed by atoms with Gasteiger partial charge < -0.3 is 5.11 Å². The highest BCUT2D eigenvalue weighted by atomic mass is 16.4. The van der Waals surface area contributed by atoms with Gasteiger partial charge in [0.2, 0.25) is 0 Å². The maximum Gasteiger partial charge on any atom is 0.303 e. The number of unbranched alkanes of at least 4 members (excludes halogenated alkanes) is 2. The molecule has 18 heavy (non-hydrogen) atoms. The Morgan fingerprint density at radius 3 is 2.44 bits per heavy atom. The average molecular weight is 246 g/mol. The summed E-state index contributed by atoms with van der Waals surface area (Å²) < 4.78 is 0. The molecular formula is C16H22O2. The molecule has 0 saturated heterocycles. The van der Waals surface area contributed by atoms with E-state index >= 15 is 0 Å². The molecule has 0 radical (unpaired) electrons. The van der Waals surface area contributed by atoms with Gasteiger partial charge in [0.1, 0.15) is 0 Å². The van der Waals surface area contributed by atoms with E-state index in [1.54, 1.807) is 0 Å². The van der Waals surface area contributed by atoms with Crippen molar-refractivity contribution in [2.75, 3.05) is 0 Å². The first-order chi connectivity index (χ1) is 8.72. The van der Waals surface area contributed by atoms with Gasteiger partial charge in [-0.1, -0.05) is 61.7 Å². The van der Waals surface area contributed by atoms with Crippen LogP contribution in [0, 0.1) is 0 Å². The number of carbonyl (C=O) groups is 1. The molecule has 0 atom stereocenters. The summed E-state index contributed by atoms with van der Waals surface area (Å²) in [5.41, 5.74) is 2.41. The lowest BCUT2D eigenvalue weighted by atomic mass is 10.00. The Morgan fingerprint density at radius 1 is 1.11 bits per heavy atom. The Kier molecular flexibility index (Phi) is 6.85. The third-order valence-electron chi connectivity index (χ3n) is 2.93. The van der Waals surface area contributed by atoms with Crippen molar-refractivity contribution in [2.45, 2.75) is 45.4 Å². The monoisotopic (exact) mass is 246 g/mol. The second kappa shape index (κ2) is 8.51. The van der Waals surface area contributed by atoms with Crippen molar-refractivity contribution in [3.63, 3.8) is 0 Å². The van der Waals surface area contributed by atoms with Gasteiger partial charge in [-0.05, 0) is 24.8 Å². The van der Waals surface area contributed by atoms with Crippen LogP contribution in [-0.2, 0) is 4.79 Å². The minimum atomic E-state index is -0.718. The summed E-state index contributed by atoms with van der Waals surface area (Å²) in [7, 11) is 0. The maximum atomic E-state index is 10.7. The van der Waals surface area contributed by atoms with Crippen LogP contribution in [0.15, 0.2) is 35.9 Å². The second-order valence-corrected chi connectivity index (χ2v) is 4.56. The van der Waals surface area contributed by atoms with Crippen LogP contribution in [0.1, 0.15) is 51.0 Å². The van der Waals surface area contributed by atoms with Crippen LogP contribution in [-0.4, -0.2) is 11.1 Å². The molecule has 0 bridgehead atoms. The van der Waals surface area contributed by atoms with E-state index in [2.05, 4.69) is 25.1 Å². The van der Waals surface area contributed by atoms with Crippen LogP contribution in [0.5, 0.6) is 0 Å². The molecule has 0 spiro atoms. The Balaban J connectivity index is 2.63. The lowest BCUT2D eigenvalue weighted by Gasteiger charge is -2.06. The molecule has 0 fully saturated rings. The third-order valence-corrected chi connectivity index (χ3v) is 2.93. The molecule has 0 aliphatic heterocycles. The van der Waals surface area contributed by atoms with Gasteiger partial charge in [-0.3, -0.25) is 4.79 Å². The summed E-state index contributed by atoms with van der Waals surface area (Å²) >= 11 is 0. The molecule has 0 saturated carbocycles. The number of rotatable bonds is 8. The third kappa shape index (κ3) is 6.24. The number of hydrogen-bond donors (Lipinski definition) is 1. The Bertz CT molecular complexity index is 379. The van der Waals surface area contributed by atoms with E-state index in [9.17, 15) is 4.79 Å². The highest BCUT2D eigenvalue weighted by molar-refractivity contribution is 5.67.